The molecule has 0 atom stereocenters. The van der Waals surface area contributed by atoms with Crippen molar-refractivity contribution in [1.82, 2.24) is 0 Å². The largest absolute Gasteiger partial charge is 0.495 e. The molecule has 1 aliphatic carbocycles. The molecule has 0 unspecified atom stereocenters. The molecule has 0 radical (unpaired) electrons. The van der Waals surface area contributed by atoms with Crippen molar-refractivity contribution in [3.8, 4) is 5.75 Å². The Bertz CT molecular complexity index is 409. The van der Waals surface area contributed by atoms with Crippen LogP contribution in [0.1, 0.15) is 29.5 Å². The van der Waals surface area contributed by atoms with Gasteiger partial charge in [-0.25, -0.2) is 0 Å². The van der Waals surface area contributed by atoms with E-state index in [1.165, 1.54) is 0 Å². The Labute approximate surface area is 94.8 Å². The predicted molar refractivity (Wildman–Crippen MR) is 60.6 cm³/mol. The lowest BCUT2D eigenvalue weighted by Crippen LogP contribution is -2.08. The number of halogens is 1. The van der Waals surface area contributed by atoms with Crippen LogP contribution in [-0.4, -0.2) is 12.2 Å². The standard InChI is InChI=1S/C12H15ClO2/c1-7-6-9(12(14)4-5-12)8(2)11(15-3)10(7)13/h6,14H,4-5H2,1-3H3. The Balaban J connectivity index is 2.62. The first-order chi connectivity index (χ1) is 6.99. The second-order valence-electron chi connectivity index (χ2n) is 4.24. The highest BCUT2D eigenvalue weighted by molar-refractivity contribution is 6.33. The van der Waals surface area contributed by atoms with Gasteiger partial charge in [-0.1, -0.05) is 17.7 Å². The minimum Gasteiger partial charge on any atom is -0.495 e. The van der Waals surface area contributed by atoms with E-state index in [0.717, 1.165) is 29.5 Å². The summed E-state index contributed by atoms with van der Waals surface area (Å²) in [4.78, 5) is 0. The summed E-state index contributed by atoms with van der Waals surface area (Å²) in [6, 6.07) is 1.97. The van der Waals surface area contributed by atoms with Crippen molar-refractivity contribution in [1.29, 1.82) is 0 Å². The van der Waals surface area contributed by atoms with Crippen molar-refractivity contribution < 1.29 is 9.84 Å². The number of rotatable bonds is 2. The lowest BCUT2D eigenvalue weighted by atomic mass is 9.98. The molecule has 0 saturated heterocycles. The number of hydrogen-bond acceptors (Lipinski definition) is 2. The Morgan fingerprint density at radius 1 is 1.40 bits per heavy atom. The summed E-state index contributed by atoms with van der Waals surface area (Å²) in [5.74, 6) is 0.687. The van der Waals surface area contributed by atoms with E-state index in [2.05, 4.69) is 0 Å². The summed E-state index contributed by atoms with van der Waals surface area (Å²) in [6.45, 7) is 3.87. The van der Waals surface area contributed by atoms with E-state index in [0.29, 0.717) is 10.8 Å². The fourth-order valence-electron chi connectivity index (χ4n) is 1.97. The van der Waals surface area contributed by atoms with Gasteiger partial charge in [-0.15, -0.1) is 0 Å². The van der Waals surface area contributed by atoms with Gasteiger partial charge in [0.1, 0.15) is 5.75 Å². The van der Waals surface area contributed by atoms with E-state index in [4.69, 9.17) is 16.3 Å². The monoisotopic (exact) mass is 226 g/mol. The molecule has 0 amide bonds. The van der Waals surface area contributed by atoms with Crippen molar-refractivity contribution >= 4 is 11.6 Å². The van der Waals surface area contributed by atoms with Gasteiger partial charge >= 0.3 is 0 Å². The highest BCUT2D eigenvalue weighted by Crippen LogP contribution is 2.49. The highest BCUT2D eigenvalue weighted by atomic mass is 35.5. The zero-order chi connectivity index (χ0) is 11.2. The summed E-state index contributed by atoms with van der Waals surface area (Å²) >= 11 is 6.13. The summed E-state index contributed by atoms with van der Waals surface area (Å²) in [5, 5.41) is 10.8. The molecule has 1 aromatic rings. The first-order valence-corrected chi connectivity index (χ1v) is 5.44. The van der Waals surface area contributed by atoms with Crippen LogP contribution in [0.4, 0.5) is 0 Å². The summed E-state index contributed by atoms with van der Waals surface area (Å²) < 4.78 is 5.28. The number of hydrogen-bond donors (Lipinski definition) is 1. The van der Waals surface area contributed by atoms with Gasteiger partial charge in [-0.05, 0) is 43.4 Å². The van der Waals surface area contributed by atoms with Gasteiger partial charge in [0.05, 0.1) is 17.7 Å². The van der Waals surface area contributed by atoms with E-state index in [-0.39, 0.29) is 0 Å². The Kier molecular flexibility index (Phi) is 2.44. The maximum absolute atomic E-state index is 10.1. The summed E-state index contributed by atoms with van der Waals surface area (Å²) in [7, 11) is 1.61. The third kappa shape index (κ3) is 1.62. The van der Waals surface area contributed by atoms with Crippen molar-refractivity contribution in [3.63, 3.8) is 0 Å². The number of benzene rings is 1. The van der Waals surface area contributed by atoms with Gasteiger partial charge in [0.15, 0.2) is 0 Å². The Morgan fingerprint density at radius 3 is 2.47 bits per heavy atom. The van der Waals surface area contributed by atoms with Gasteiger partial charge in [0, 0.05) is 0 Å². The van der Waals surface area contributed by atoms with Gasteiger partial charge in [-0.2, -0.15) is 0 Å². The molecule has 0 bridgehead atoms. The zero-order valence-corrected chi connectivity index (χ0v) is 9.98. The minimum atomic E-state index is -0.632. The average molecular weight is 227 g/mol. The third-order valence-corrected chi connectivity index (χ3v) is 3.55. The molecular weight excluding hydrogens is 212 g/mol. The molecule has 1 saturated carbocycles. The van der Waals surface area contributed by atoms with E-state index >= 15 is 0 Å². The first-order valence-electron chi connectivity index (χ1n) is 5.06. The number of ether oxygens (including phenoxy) is 1. The fourth-order valence-corrected chi connectivity index (χ4v) is 2.24. The van der Waals surface area contributed by atoms with Crippen LogP contribution in [-0.2, 0) is 5.60 Å². The predicted octanol–water partition coefficient (Wildman–Crippen LogP) is 2.95. The molecule has 15 heavy (non-hydrogen) atoms. The van der Waals surface area contributed by atoms with Crippen molar-refractivity contribution in [2.24, 2.45) is 0 Å². The van der Waals surface area contributed by atoms with Crippen molar-refractivity contribution in [2.75, 3.05) is 7.11 Å². The zero-order valence-electron chi connectivity index (χ0n) is 9.22. The van der Waals surface area contributed by atoms with Crippen LogP contribution in [0.15, 0.2) is 6.07 Å². The van der Waals surface area contributed by atoms with Crippen LogP contribution in [0.2, 0.25) is 5.02 Å². The van der Waals surface area contributed by atoms with Crippen LogP contribution < -0.4 is 4.74 Å². The molecular formula is C12H15ClO2. The van der Waals surface area contributed by atoms with Crippen molar-refractivity contribution in [2.45, 2.75) is 32.3 Å². The maximum atomic E-state index is 10.1. The second-order valence-corrected chi connectivity index (χ2v) is 4.62. The first kappa shape index (κ1) is 10.8. The lowest BCUT2D eigenvalue weighted by molar-refractivity contribution is 0.150. The smallest absolute Gasteiger partial charge is 0.141 e. The molecule has 0 heterocycles. The Morgan fingerprint density at radius 2 is 2.00 bits per heavy atom. The number of aryl methyl sites for hydroxylation is 1. The Hall–Kier alpha value is -0.730. The van der Waals surface area contributed by atoms with Gasteiger partial charge in [0.25, 0.3) is 0 Å². The van der Waals surface area contributed by atoms with Crippen molar-refractivity contribution in [3.05, 3.63) is 27.8 Å². The topological polar surface area (TPSA) is 29.5 Å². The van der Waals surface area contributed by atoms with E-state index in [1.807, 2.05) is 19.9 Å². The third-order valence-electron chi connectivity index (χ3n) is 3.08. The molecule has 0 spiro atoms. The van der Waals surface area contributed by atoms with Gasteiger partial charge in [-0.3, -0.25) is 0 Å². The van der Waals surface area contributed by atoms with E-state index in [9.17, 15) is 5.11 Å². The molecule has 3 heteroatoms. The molecule has 0 aromatic heterocycles. The minimum absolute atomic E-state index is 0.632. The summed E-state index contributed by atoms with van der Waals surface area (Å²) in [5.41, 5.74) is 2.23. The molecule has 2 rings (SSSR count). The summed E-state index contributed by atoms with van der Waals surface area (Å²) in [6.07, 6.45) is 1.66. The number of aliphatic hydroxyl groups is 1. The fraction of sp³-hybridized carbons (Fsp3) is 0.500. The molecule has 0 aliphatic heterocycles. The van der Waals surface area contributed by atoms with Crippen LogP contribution in [0.5, 0.6) is 5.75 Å². The molecule has 1 aliphatic rings. The second kappa shape index (κ2) is 3.39. The highest BCUT2D eigenvalue weighted by Gasteiger charge is 2.44. The average Bonchev–Trinajstić information content (AvgIpc) is 2.92. The quantitative estimate of drug-likeness (QED) is 0.840. The molecule has 1 N–H and O–H groups in total. The molecule has 1 fully saturated rings. The van der Waals surface area contributed by atoms with Crippen LogP contribution in [0.25, 0.3) is 0 Å². The van der Waals surface area contributed by atoms with Crippen LogP contribution in [0.3, 0.4) is 0 Å². The SMILES string of the molecule is COc1c(C)c(C2(O)CC2)cc(C)c1Cl. The molecule has 2 nitrogen and oxygen atoms in total. The van der Waals surface area contributed by atoms with Gasteiger partial charge < -0.3 is 9.84 Å². The number of methoxy groups -OCH3 is 1. The molecule has 1 aromatic carbocycles. The van der Waals surface area contributed by atoms with Gasteiger partial charge in [0.2, 0.25) is 0 Å². The lowest BCUT2D eigenvalue weighted by Gasteiger charge is -2.17. The van der Waals surface area contributed by atoms with Crippen LogP contribution in [0, 0.1) is 13.8 Å². The van der Waals surface area contributed by atoms with E-state index in [1.54, 1.807) is 7.11 Å². The molecule has 82 valence electrons. The maximum Gasteiger partial charge on any atom is 0.141 e. The normalized spacial score (nSPS) is 17.7. The van der Waals surface area contributed by atoms with Crippen LogP contribution >= 0.6 is 11.6 Å². The van der Waals surface area contributed by atoms with E-state index < -0.39 is 5.60 Å².